The Balaban J connectivity index is 1.50. The van der Waals surface area contributed by atoms with Gasteiger partial charge in [-0.2, -0.15) is 0 Å². The van der Waals surface area contributed by atoms with Gasteiger partial charge in [0, 0.05) is 58.9 Å². The van der Waals surface area contributed by atoms with Crippen LogP contribution in [0.5, 0.6) is 0 Å². The Bertz CT molecular complexity index is 1680. The maximum Gasteiger partial charge on any atom is 0.259 e. The van der Waals surface area contributed by atoms with E-state index in [9.17, 15) is 19.2 Å². The van der Waals surface area contributed by atoms with Crippen molar-refractivity contribution in [3.05, 3.63) is 72.1 Å². The molecule has 0 aliphatic carbocycles. The van der Waals surface area contributed by atoms with Gasteiger partial charge in [-0.3, -0.25) is 24.5 Å². The van der Waals surface area contributed by atoms with Crippen LogP contribution in [-0.4, -0.2) is 51.3 Å². The second-order valence-electron chi connectivity index (χ2n) is 9.83. The van der Waals surface area contributed by atoms with Crippen LogP contribution in [0.15, 0.2) is 60.9 Å². The zero-order chi connectivity index (χ0) is 27.8. The van der Waals surface area contributed by atoms with E-state index in [1.54, 1.807) is 0 Å². The number of amides is 3. The van der Waals surface area contributed by atoms with Gasteiger partial charge >= 0.3 is 0 Å². The number of imide groups is 1. The first-order valence-electron chi connectivity index (χ1n) is 12.7. The van der Waals surface area contributed by atoms with Crippen molar-refractivity contribution >= 4 is 56.5 Å². The molecule has 39 heavy (non-hydrogen) atoms. The standard InChI is InChI=1S/C29H30N6O4/c1-16(30)27(37)32-13-24(36)21(31)11-12-35-15-20(18-8-4-6-10-23(18)35)26-25(28(38)33-29(26)39)19-14-34(2)22-9-5-3-7-17(19)22/h3-10,14-16,21H,11-13,30-31H2,1-2H3,(H,32,37)(H,33,38,39)/t16-,21?/m0/s1. The Labute approximate surface area is 224 Å². The van der Waals surface area contributed by atoms with Crippen molar-refractivity contribution in [2.24, 2.45) is 18.5 Å². The molecular formula is C29H30N6O4. The molecule has 2 aromatic heterocycles. The van der Waals surface area contributed by atoms with Crippen molar-refractivity contribution in [1.29, 1.82) is 0 Å². The minimum atomic E-state index is -0.801. The van der Waals surface area contributed by atoms with Gasteiger partial charge in [-0.15, -0.1) is 0 Å². The minimum absolute atomic E-state index is 0.192. The van der Waals surface area contributed by atoms with Crippen LogP contribution in [0, 0.1) is 0 Å². The number of benzene rings is 2. The number of nitrogens with two attached hydrogens (primary N) is 2. The average molecular weight is 527 g/mol. The summed E-state index contributed by atoms with van der Waals surface area (Å²) in [4.78, 5) is 50.4. The van der Waals surface area contributed by atoms with E-state index in [4.69, 9.17) is 11.5 Å². The normalized spacial score (nSPS) is 15.2. The molecule has 5 rings (SSSR count). The lowest BCUT2D eigenvalue weighted by atomic mass is 9.95. The van der Waals surface area contributed by atoms with Gasteiger partial charge in [-0.1, -0.05) is 36.4 Å². The molecule has 0 radical (unpaired) electrons. The molecule has 4 aromatic rings. The molecule has 6 N–H and O–H groups in total. The van der Waals surface area contributed by atoms with E-state index in [1.165, 1.54) is 6.92 Å². The molecule has 1 aliphatic heterocycles. The highest BCUT2D eigenvalue weighted by Gasteiger charge is 2.35. The van der Waals surface area contributed by atoms with Crippen LogP contribution < -0.4 is 22.1 Å². The second-order valence-corrected chi connectivity index (χ2v) is 9.83. The number of fused-ring (bicyclic) bond motifs is 2. The summed E-state index contributed by atoms with van der Waals surface area (Å²) in [5.41, 5.74) is 15.4. The van der Waals surface area contributed by atoms with Crippen LogP contribution in [0.3, 0.4) is 0 Å². The zero-order valence-corrected chi connectivity index (χ0v) is 21.7. The van der Waals surface area contributed by atoms with Crippen LogP contribution in [-0.2, 0) is 32.8 Å². The van der Waals surface area contributed by atoms with Crippen LogP contribution in [0.25, 0.3) is 33.0 Å². The third-order valence-corrected chi connectivity index (χ3v) is 7.10. The lowest BCUT2D eigenvalue weighted by molar-refractivity contribution is -0.126. The van der Waals surface area contributed by atoms with E-state index in [-0.39, 0.29) is 12.3 Å². The lowest BCUT2D eigenvalue weighted by Crippen LogP contribution is -2.44. The topological polar surface area (TPSA) is 154 Å². The van der Waals surface area contributed by atoms with E-state index < -0.39 is 29.8 Å². The number of nitrogens with one attached hydrogen (secondary N) is 2. The van der Waals surface area contributed by atoms with Gasteiger partial charge in [0.15, 0.2) is 5.78 Å². The SMILES string of the molecule is C[C@H](N)C(=O)NCC(=O)C(N)CCn1cc(C2=C(c3cn(C)c4ccccc34)C(=O)NC2=O)c2ccccc21. The van der Waals surface area contributed by atoms with E-state index in [1.807, 2.05) is 77.1 Å². The first-order valence-corrected chi connectivity index (χ1v) is 12.7. The molecular weight excluding hydrogens is 496 g/mol. The zero-order valence-electron chi connectivity index (χ0n) is 21.7. The summed E-state index contributed by atoms with van der Waals surface area (Å²) in [5.74, 6) is -1.62. The summed E-state index contributed by atoms with van der Waals surface area (Å²) >= 11 is 0. The number of Topliss-reactive ketones (excluding diaryl/α,β-unsaturated/α-hetero) is 1. The van der Waals surface area contributed by atoms with Crippen molar-refractivity contribution < 1.29 is 19.2 Å². The number of para-hydroxylation sites is 2. The van der Waals surface area contributed by atoms with E-state index in [0.29, 0.717) is 35.2 Å². The number of aromatic nitrogens is 2. The molecule has 0 fully saturated rings. The predicted molar refractivity (Wildman–Crippen MR) is 149 cm³/mol. The van der Waals surface area contributed by atoms with Gasteiger partial charge in [-0.05, 0) is 25.5 Å². The molecule has 0 spiro atoms. The highest BCUT2D eigenvalue weighted by molar-refractivity contribution is 6.50. The molecule has 2 aromatic carbocycles. The maximum atomic E-state index is 13.2. The lowest BCUT2D eigenvalue weighted by Gasteiger charge is -2.13. The largest absolute Gasteiger partial charge is 0.350 e. The molecule has 2 atom stereocenters. The highest BCUT2D eigenvalue weighted by Crippen LogP contribution is 2.38. The summed E-state index contributed by atoms with van der Waals surface area (Å²) in [7, 11) is 1.90. The second kappa shape index (κ2) is 10.3. The van der Waals surface area contributed by atoms with Crippen molar-refractivity contribution in [1.82, 2.24) is 19.8 Å². The Hall–Kier alpha value is -4.54. The molecule has 0 saturated heterocycles. The van der Waals surface area contributed by atoms with Gasteiger partial charge in [0.25, 0.3) is 11.8 Å². The Morgan fingerprint density at radius 2 is 1.46 bits per heavy atom. The van der Waals surface area contributed by atoms with Crippen LogP contribution >= 0.6 is 0 Å². The summed E-state index contributed by atoms with van der Waals surface area (Å²) in [6.07, 6.45) is 4.01. The fourth-order valence-electron chi connectivity index (χ4n) is 5.05. The summed E-state index contributed by atoms with van der Waals surface area (Å²) in [6.45, 7) is 1.73. The van der Waals surface area contributed by atoms with Crippen LogP contribution in [0.4, 0.5) is 0 Å². The predicted octanol–water partition coefficient (Wildman–Crippen LogP) is 1.45. The number of aryl methyl sites for hydroxylation is 2. The molecule has 10 heteroatoms. The van der Waals surface area contributed by atoms with Gasteiger partial charge < -0.3 is 25.9 Å². The number of nitrogens with zero attached hydrogens (tertiary/aromatic N) is 2. The molecule has 3 amide bonds. The molecule has 200 valence electrons. The molecule has 1 unspecified atom stereocenters. The number of ketones is 1. The molecule has 1 aliphatic rings. The van der Waals surface area contributed by atoms with Gasteiger partial charge in [0.2, 0.25) is 5.91 Å². The molecule has 10 nitrogen and oxygen atoms in total. The quantitative estimate of drug-likeness (QED) is 0.242. The van der Waals surface area contributed by atoms with Gasteiger partial charge in [-0.25, -0.2) is 0 Å². The Morgan fingerprint density at radius 1 is 0.897 bits per heavy atom. The fraction of sp³-hybridized carbons (Fsp3) is 0.241. The smallest absolute Gasteiger partial charge is 0.259 e. The van der Waals surface area contributed by atoms with Crippen LogP contribution in [0.1, 0.15) is 24.5 Å². The third-order valence-electron chi connectivity index (χ3n) is 7.10. The maximum absolute atomic E-state index is 13.2. The van der Waals surface area contributed by atoms with Crippen molar-refractivity contribution in [2.45, 2.75) is 32.0 Å². The number of carbonyl (C=O) groups is 4. The third kappa shape index (κ3) is 4.75. The van der Waals surface area contributed by atoms with Crippen molar-refractivity contribution in [2.75, 3.05) is 6.54 Å². The van der Waals surface area contributed by atoms with E-state index in [0.717, 1.165) is 21.8 Å². The Kier molecular flexibility index (Phi) is 6.90. The first-order chi connectivity index (χ1) is 18.7. The monoisotopic (exact) mass is 526 g/mol. The molecule has 0 saturated carbocycles. The summed E-state index contributed by atoms with van der Waals surface area (Å²) < 4.78 is 3.87. The fourth-order valence-corrected chi connectivity index (χ4v) is 5.05. The van der Waals surface area contributed by atoms with Gasteiger partial charge in [0.1, 0.15) is 0 Å². The minimum Gasteiger partial charge on any atom is -0.350 e. The highest BCUT2D eigenvalue weighted by atomic mass is 16.2. The first kappa shape index (κ1) is 26.1. The number of hydrogen-bond acceptors (Lipinski definition) is 6. The van der Waals surface area contributed by atoms with Crippen molar-refractivity contribution in [3.63, 3.8) is 0 Å². The molecule has 3 heterocycles. The number of rotatable bonds is 9. The molecule has 0 bridgehead atoms. The van der Waals surface area contributed by atoms with Crippen LogP contribution in [0.2, 0.25) is 0 Å². The number of carbonyl (C=O) groups excluding carboxylic acids is 4. The number of hydrogen-bond donors (Lipinski definition) is 4. The van der Waals surface area contributed by atoms with Gasteiger partial charge in [0.05, 0.1) is 29.8 Å². The van der Waals surface area contributed by atoms with E-state index in [2.05, 4.69) is 10.6 Å². The summed E-state index contributed by atoms with van der Waals surface area (Å²) in [6, 6.07) is 13.8. The Morgan fingerprint density at radius 3 is 2.10 bits per heavy atom. The van der Waals surface area contributed by atoms with Crippen molar-refractivity contribution in [3.8, 4) is 0 Å². The van der Waals surface area contributed by atoms with E-state index >= 15 is 0 Å². The summed E-state index contributed by atoms with van der Waals surface area (Å²) in [5, 5.41) is 6.65. The average Bonchev–Trinajstić information content (AvgIpc) is 3.55.